The second kappa shape index (κ2) is 10.0. The van der Waals surface area contributed by atoms with E-state index in [2.05, 4.69) is 5.32 Å². The summed E-state index contributed by atoms with van der Waals surface area (Å²) >= 11 is 6.03. The maximum Gasteiger partial charge on any atom is 0.238 e. The highest BCUT2D eigenvalue weighted by Crippen LogP contribution is 2.22. The topological polar surface area (TPSA) is 81.4 Å². The molecule has 3 aromatic carbocycles. The number of rotatable bonds is 9. The summed E-state index contributed by atoms with van der Waals surface area (Å²) in [6, 6.07) is 18.6. The number of nitrogens with two attached hydrogens (primary N) is 1. The maximum atomic E-state index is 13.8. The Bertz CT molecular complexity index is 1090. The van der Waals surface area contributed by atoms with Crippen molar-refractivity contribution in [1.29, 1.82) is 0 Å². The summed E-state index contributed by atoms with van der Waals surface area (Å²) in [4.78, 5) is 0.104. The Labute approximate surface area is 180 Å². The molecule has 0 aliphatic heterocycles. The van der Waals surface area contributed by atoms with Crippen LogP contribution in [0.4, 0.5) is 4.39 Å². The first-order chi connectivity index (χ1) is 14.3. The highest BCUT2D eigenvalue weighted by Gasteiger charge is 2.08. The van der Waals surface area contributed by atoms with Crippen molar-refractivity contribution >= 4 is 21.6 Å². The van der Waals surface area contributed by atoms with Crippen molar-refractivity contribution < 1.29 is 17.5 Å². The van der Waals surface area contributed by atoms with Gasteiger partial charge < -0.3 is 10.1 Å². The maximum absolute atomic E-state index is 13.8. The molecule has 30 heavy (non-hydrogen) atoms. The van der Waals surface area contributed by atoms with E-state index in [0.29, 0.717) is 29.4 Å². The third kappa shape index (κ3) is 6.27. The van der Waals surface area contributed by atoms with E-state index in [-0.39, 0.29) is 11.5 Å². The van der Waals surface area contributed by atoms with E-state index in [4.69, 9.17) is 21.5 Å². The molecule has 0 heterocycles. The Balaban J connectivity index is 1.48. The zero-order chi connectivity index (χ0) is 21.6. The van der Waals surface area contributed by atoms with Crippen LogP contribution < -0.4 is 15.2 Å². The number of benzene rings is 3. The molecule has 0 bridgehead atoms. The molecule has 0 saturated carbocycles. The van der Waals surface area contributed by atoms with Crippen LogP contribution in [0.1, 0.15) is 16.7 Å². The minimum atomic E-state index is -3.67. The van der Waals surface area contributed by atoms with E-state index in [9.17, 15) is 12.8 Å². The molecule has 0 unspecified atom stereocenters. The third-order valence-electron chi connectivity index (χ3n) is 4.51. The molecule has 0 aliphatic carbocycles. The molecule has 158 valence electrons. The molecule has 0 atom stereocenters. The molecule has 0 spiro atoms. The lowest BCUT2D eigenvalue weighted by molar-refractivity contribution is 0.299. The molecule has 3 aromatic rings. The van der Waals surface area contributed by atoms with Gasteiger partial charge in [-0.15, -0.1) is 0 Å². The van der Waals surface area contributed by atoms with Crippen LogP contribution in [0.25, 0.3) is 0 Å². The minimum absolute atomic E-state index is 0.0525. The van der Waals surface area contributed by atoms with Crippen molar-refractivity contribution in [3.05, 3.63) is 94.3 Å². The van der Waals surface area contributed by atoms with Gasteiger partial charge in [-0.25, -0.2) is 17.9 Å². The van der Waals surface area contributed by atoms with Gasteiger partial charge in [0.1, 0.15) is 18.2 Å². The van der Waals surface area contributed by atoms with Crippen molar-refractivity contribution in [3.63, 3.8) is 0 Å². The van der Waals surface area contributed by atoms with E-state index in [1.54, 1.807) is 24.3 Å². The Morgan fingerprint density at radius 1 is 1.00 bits per heavy atom. The number of primary sulfonamides is 1. The molecule has 8 heteroatoms. The first-order valence-electron chi connectivity index (χ1n) is 9.30. The molecule has 0 fully saturated rings. The molecule has 3 rings (SSSR count). The van der Waals surface area contributed by atoms with Crippen LogP contribution in [0.2, 0.25) is 5.02 Å². The number of hydrogen-bond donors (Lipinski definition) is 2. The van der Waals surface area contributed by atoms with Gasteiger partial charge in [-0.05, 0) is 60.5 Å². The van der Waals surface area contributed by atoms with E-state index < -0.39 is 15.8 Å². The molecule has 5 nitrogen and oxygen atoms in total. The SMILES string of the molecule is NS(=O)(=O)c1ccc(CCNCc2cccc(OCc3c(F)cccc3Cl)c2)cc1. The summed E-state index contributed by atoms with van der Waals surface area (Å²) in [7, 11) is -3.67. The van der Waals surface area contributed by atoms with Gasteiger partial charge in [-0.1, -0.05) is 41.9 Å². The number of sulfonamides is 1. The molecule has 0 amide bonds. The fourth-order valence-corrected chi connectivity index (χ4v) is 3.62. The zero-order valence-corrected chi connectivity index (χ0v) is 17.7. The van der Waals surface area contributed by atoms with Gasteiger partial charge in [0.2, 0.25) is 10.0 Å². The van der Waals surface area contributed by atoms with E-state index in [1.807, 2.05) is 24.3 Å². The van der Waals surface area contributed by atoms with Crippen LogP contribution in [0.15, 0.2) is 71.6 Å². The second-order valence-corrected chi connectivity index (χ2v) is 8.72. The summed E-state index contributed by atoms with van der Waals surface area (Å²) in [5, 5.41) is 8.77. The first-order valence-corrected chi connectivity index (χ1v) is 11.2. The summed E-state index contributed by atoms with van der Waals surface area (Å²) in [6.07, 6.45) is 0.743. The fraction of sp³-hybridized carbons (Fsp3) is 0.182. The van der Waals surface area contributed by atoms with Crippen molar-refractivity contribution in [1.82, 2.24) is 5.32 Å². The third-order valence-corrected chi connectivity index (χ3v) is 5.80. The standard InChI is InChI=1S/C22H22ClFN2O3S/c23-21-5-2-6-22(24)20(21)15-29-18-4-1-3-17(13-18)14-26-12-11-16-7-9-19(10-8-16)30(25,27)28/h1-10,13,26H,11-12,14-15H2,(H2,25,27,28). The molecule has 0 radical (unpaired) electrons. The van der Waals surface area contributed by atoms with Crippen molar-refractivity contribution in [3.8, 4) is 5.75 Å². The van der Waals surface area contributed by atoms with Crippen LogP contribution in [0, 0.1) is 5.82 Å². The predicted octanol–water partition coefficient (Wildman–Crippen LogP) is 4.04. The highest BCUT2D eigenvalue weighted by atomic mass is 35.5. The summed E-state index contributed by atoms with van der Waals surface area (Å²) in [6.45, 7) is 1.40. The lowest BCUT2D eigenvalue weighted by Gasteiger charge is -2.11. The zero-order valence-electron chi connectivity index (χ0n) is 16.1. The first kappa shape index (κ1) is 22.2. The van der Waals surface area contributed by atoms with Crippen molar-refractivity contribution in [2.24, 2.45) is 5.14 Å². The molecular weight excluding hydrogens is 427 g/mol. The molecule has 0 saturated heterocycles. The lowest BCUT2D eigenvalue weighted by atomic mass is 10.1. The van der Waals surface area contributed by atoms with E-state index >= 15 is 0 Å². The average molecular weight is 449 g/mol. The number of halogens is 2. The van der Waals surface area contributed by atoms with Crippen LogP contribution >= 0.6 is 11.6 Å². The molecule has 3 N–H and O–H groups in total. The summed E-state index contributed by atoms with van der Waals surface area (Å²) < 4.78 is 42.1. The Morgan fingerprint density at radius 2 is 1.73 bits per heavy atom. The minimum Gasteiger partial charge on any atom is -0.489 e. The van der Waals surface area contributed by atoms with Gasteiger partial charge in [-0.3, -0.25) is 0 Å². The van der Waals surface area contributed by atoms with Gasteiger partial charge >= 0.3 is 0 Å². The lowest BCUT2D eigenvalue weighted by Crippen LogP contribution is -2.17. The quantitative estimate of drug-likeness (QED) is 0.484. The molecule has 0 aliphatic rings. The highest BCUT2D eigenvalue weighted by molar-refractivity contribution is 7.89. The number of hydrogen-bond acceptors (Lipinski definition) is 4. The summed E-state index contributed by atoms with van der Waals surface area (Å²) in [5.41, 5.74) is 2.36. The average Bonchev–Trinajstić information content (AvgIpc) is 2.71. The van der Waals surface area contributed by atoms with Crippen molar-refractivity contribution in [2.45, 2.75) is 24.5 Å². The monoisotopic (exact) mass is 448 g/mol. The smallest absolute Gasteiger partial charge is 0.238 e. The van der Waals surface area contributed by atoms with Crippen LogP contribution in [0.3, 0.4) is 0 Å². The summed E-state index contributed by atoms with van der Waals surface area (Å²) in [5.74, 6) is 0.240. The Hall–Kier alpha value is -2.45. The van der Waals surface area contributed by atoms with Gasteiger partial charge in [-0.2, -0.15) is 0 Å². The number of nitrogens with one attached hydrogen (secondary N) is 1. The van der Waals surface area contributed by atoms with Gasteiger partial charge in [0.25, 0.3) is 0 Å². The van der Waals surface area contributed by atoms with E-state index in [1.165, 1.54) is 18.2 Å². The molecular formula is C22H22ClFN2O3S. The Kier molecular flexibility index (Phi) is 7.44. The predicted molar refractivity (Wildman–Crippen MR) is 115 cm³/mol. The van der Waals surface area contributed by atoms with Gasteiger partial charge in [0.15, 0.2) is 0 Å². The van der Waals surface area contributed by atoms with Crippen LogP contribution in [0.5, 0.6) is 5.75 Å². The van der Waals surface area contributed by atoms with Crippen molar-refractivity contribution in [2.75, 3.05) is 6.54 Å². The molecule has 0 aromatic heterocycles. The Morgan fingerprint density at radius 3 is 2.43 bits per heavy atom. The van der Waals surface area contributed by atoms with Gasteiger partial charge in [0.05, 0.1) is 9.92 Å². The van der Waals surface area contributed by atoms with Crippen LogP contribution in [-0.4, -0.2) is 15.0 Å². The normalized spacial score (nSPS) is 11.4. The fourth-order valence-electron chi connectivity index (χ4n) is 2.88. The largest absolute Gasteiger partial charge is 0.489 e. The second-order valence-electron chi connectivity index (χ2n) is 6.75. The van der Waals surface area contributed by atoms with E-state index in [0.717, 1.165) is 17.5 Å². The van der Waals surface area contributed by atoms with Gasteiger partial charge in [0, 0.05) is 12.1 Å². The van der Waals surface area contributed by atoms with Crippen LogP contribution in [-0.2, 0) is 29.6 Å². The number of ether oxygens (including phenoxy) is 1.